The van der Waals surface area contributed by atoms with Crippen LogP contribution in [-0.2, 0) is 6.54 Å². The standard InChI is InChI=1S/C13H19N3O4/c1-9(15-5-3-2-4-6-15)7-16-8-10(12(18)19)11(17)14-13(16)20/h8-9H,2-7H2,1H3,(H,18,19)(H,14,17,20). The second-order valence-corrected chi connectivity index (χ2v) is 5.21. The molecule has 1 aliphatic heterocycles. The van der Waals surface area contributed by atoms with E-state index in [9.17, 15) is 14.4 Å². The highest BCUT2D eigenvalue weighted by Gasteiger charge is 2.18. The zero-order valence-corrected chi connectivity index (χ0v) is 11.5. The molecule has 1 aliphatic rings. The predicted octanol–water partition coefficient (Wildman–Crippen LogP) is 0.109. The zero-order chi connectivity index (χ0) is 14.7. The van der Waals surface area contributed by atoms with Crippen LogP contribution in [0.3, 0.4) is 0 Å². The first-order valence-electron chi connectivity index (χ1n) is 6.80. The average Bonchev–Trinajstić information content (AvgIpc) is 2.42. The first-order valence-corrected chi connectivity index (χ1v) is 6.80. The number of nitrogens with one attached hydrogen (secondary N) is 1. The molecule has 7 heteroatoms. The molecule has 1 saturated heterocycles. The van der Waals surface area contributed by atoms with E-state index in [4.69, 9.17) is 5.11 Å². The number of nitrogens with zero attached hydrogens (tertiary/aromatic N) is 2. The van der Waals surface area contributed by atoms with Gasteiger partial charge in [0.15, 0.2) is 0 Å². The second-order valence-electron chi connectivity index (χ2n) is 5.21. The molecule has 1 atom stereocenters. The van der Waals surface area contributed by atoms with Crippen LogP contribution in [0.5, 0.6) is 0 Å². The van der Waals surface area contributed by atoms with E-state index in [1.807, 2.05) is 11.9 Å². The van der Waals surface area contributed by atoms with Gasteiger partial charge in [0.05, 0.1) is 0 Å². The Hall–Kier alpha value is -1.89. The van der Waals surface area contributed by atoms with E-state index in [1.54, 1.807) is 0 Å². The summed E-state index contributed by atoms with van der Waals surface area (Å²) in [5, 5.41) is 8.92. The van der Waals surface area contributed by atoms with Gasteiger partial charge in [-0.05, 0) is 32.9 Å². The van der Waals surface area contributed by atoms with Gasteiger partial charge in [0.1, 0.15) is 5.56 Å². The maximum Gasteiger partial charge on any atom is 0.342 e. The number of hydrogen-bond acceptors (Lipinski definition) is 4. The van der Waals surface area contributed by atoms with E-state index in [0.717, 1.165) is 32.1 Å². The van der Waals surface area contributed by atoms with Gasteiger partial charge in [-0.1, -0.05) is 6.42 Å². The summed E-state index contributed by atoms with van der Waals surface area (Å²) in [5.74, 6) is -1.33. The molecule has 1 fully saturated rings. The predicted molar refractivity (Wildman–Crippen MR) is 73.2 cm³/mol. The molecule has 110 valence electrons. The van der Waals surface area contributed by atoms with Crippen molar-refractivity contribution in [2.45, 2.75) is 38.8 Å². The van der Waals surface area contributed by atoms with Crippen molar-refractivity contribution in [2.75, 3.05) is 13.1 Å². The monoisotopic (exact) mass is 281 g/mol. The van der Waals surface area contributed by atoms with Gasteiger partial charge in [0.25, 0.3) is 5.56 Å². The minimum atomic E-state index is -1.33. The Kier molecular flexibility index (Phi) is 4.39. The number of carboxylic acids is 1. The van der Waals surface area contributed by atoms with Crippen LogP contribution >= 0.6 is 0 Å². The van der Waals surface area contributed by atoms with Gasteiger partial charge in [-0.15, -0.1) is 0 Å². The van der Waals surface area contributed by atoms with Crippen LogP contribution in [-0.4, -0.2) is 44.7 Å². The van der Waals surface area contributed by atoms with Crippen molar-refractivity contribution in [3.63, 3.8) is 0 Å². The SMILES string of the molecule is CC(Cn1cc(C(=O)O)c(=O)[nH]c1=O)N1CCCCC1. The lowest BCUT2D eigenvalue weighted by Gasteiger charge is -2.32. The van der Waals surface area contributed by atoms with Crippen LogP contribution in [0.1, 0.15) is 36.5 Å². The Morgan fingerprint density at radius 3 is 2.60 bits per heavy atom. The van der Waals surface area contributed by atoms with Gasteiger partial charge in [-0.25, -0.2) is 9.59 Å². The summed E-state index contributed by atoms with van der Waals surface area (Å²) in [6, 6.07) is 0.126. The van der Waals surface area contributed by atoms with Gasteiger partial charge in [0, 0.05) is 18.8 Å². The van der Waals surface area contributed by atoms with Gasteiger partial charge in [-0.3, -0.25) is 19.2 Å². The fraction of sp³-hybridized carbons (Fsp3) is 0.615. The van der Waals surface area contributed by atoms with E-state index in [2.05, 4.69) is 4.90 Å². The van der Waals surface area contributed by atoms with Gasteiger partial charge >= 0.3 is 11.7 Å². The molecule has 0 saturated carbocycles. The second kappa shape index (κ2) is 6.04. The molecular weight excluding hydrogens is 262 g/mol. The summed E-state index contributed by atoms with van der Waals surface area (Å²) in [6.07, 6.45) is 4.64. The maximum absolute atomic E-state index is 11.7. The van der Waals surface area contributed by atoms with Crippen LogP contribution < -0.4 is 11.2 Å². The molecule has 0 bridgehead atoms. The number of rotatable bonds is 4. The van der Waals surface area contributed by atoms with Gasteiger partial charge < -0.3 is 5.11 Å². The molecule has 20 heavy (non-hydrogen) atoms. The third kappa shape index (κ3) is 3.16. The Labute approximate surface area is 115 Å². The molecule has 0 spiro atoms. The highest BCUT2D eigenvalue weighted by atomic mass is 16.4. The molecule has 0 aliphatic carbocycles. The molecular formula is C13H19N3O4. The number of piperidine rings is 1. The summed E-state index contributed by atoms with van der Waals surface area (Å²) in [7, 11) is 0. The average molecular weight is 281 g/mol. The molecule has 0 radical (unpaired) electrons. The summed E-state index contributed by atoms with van der Waals surface area (Å²) in [6.45, 7) is 4.36. The van der Waals surface area contributed by atoms with Crippen molar-refractivity contribution >= 4 is 5.97 Å². The Bertz CT molecular complexity index is 598. The number of carbonyl (C=O) groups is 1. The molecule has 2 N–H and O–H groups in total. The number of aromatic amines is 1. The zero-order valence-electron chi connectivity index (χ0n) is 11.5. The largest absolute Gasteiger partial charge is 0.477 e. The van der Waals surface area contributed by atoms with Crippen molar-refractivity contribution in [3.8, 4) is 0 Å². The Morgan fingerprint density at radius 2 is 2.00 bits per heavy atom. The number of aromatic carboxylic acids is 1. The van der Waals surface area contributed by atoms with Crippen molar-refractivity contribution in [1.82, 2.24) is 14.5 Å². The lowest BCUT2D eigenvalue weighted by molar-refractivity contribution is 0.0693. The number of carboxylic acid groups (broad SMARTS) is 1. The van der Waals surface area contributed by atoms with Crippen molar-refractivity contribution in [2.24, 2.45) is 0 Å². The Morgan fingerprint density at radius 1 is 1.35 bits per heavy atom. The maximum atomic E-state index is 11.7. The van der Waals surface area contributed by atoms with E-state index in [1.165, 1.54) is 11.0 Å². The van der Waals surface area contributed by atoms with Gasteiger partial charge in [0.2, 0.25) is 0 Å². The fourth-order valence-corrected chi connectivity index (χ4v) is 2.56. The molecule has 1 aromatic rings. The van der Waals surface area contributed by atoms with Crippen LogP contribution in [0.25, 0.3) is 0 Å². The molecule has 0 aromatic carbocycles. The van der Waals surface area contributed by atoms with Crippen molar-refractivity contribution in [1.29, 1.82) is 0 Å². The van der Waals surface area contributed by atoms with Crippen LogP contribution in [0.15, 0.2) is 15.8 Å². The number of H-pyrrole nitrogens is 1. The minimum absolute atomic E-state index is 0.126. The van der Waals surface area contributed by atoms with E-state index in [-0.39, 0.29) is 6.04 Å². The van der Waals surface area contributed by atoms with Crippen LogP contribution in [0.4, 0.5) is 0 Å². The first kappa shape index (κ1) is 14.5. The molecule has 7 nitrogen and oxygen atoms in total. The molecule has 0 amide bonds. The smallest absolute Gasteiger partial charge is 0.342 e. The number of aromatic nitrogens is 2. The quantitative estimate of drug-likeness (QED) is 0.816. The van der Waals surface area contributed by atoms with Crippen LogP contribution in [0, 0.1) is 0 Å². The number of hydrogen-bond donors (Lipinski definition) is 2. The summed E-state index contributed by atoms with van der Waals surface area (Å²) >= 11 is 0. The lowest BCUT2D eigenvalue weighted by Crippen LogP contribution is -2.43. The molecule has 1 unspecified atom stereocenters. The summed E-state index contributed by atoms with van der Waals surface area (Å²) in [4.78, 5) is 38.3. The topological polar surface area (TPSA) is 95.4 Å². The highest BCUT2D eigenvalue weighted by Crippen LogP contribution is 2.12. The number of likely N-dealkylation sites (tertiary alicyclic amines) is 1. The third-order valence-electron chi connectivity index (χ3n) is 3.72. The van der Waals surface area contributed by atoms with E-state index in [0.29, 0.717) is 6.54 Å². The third-order valence-corrected chi connectivity index (χ3v) is 3.72. The summed E-state index contributed by atoms with van der Waals surface area (Å²) < 4.78 is 1.27. The van der Waals surface area contributed by atoms with Crippen molar-refractivity contribution < 1.29 is 9.90 Å². The molecule has 2 rings (SSSR count). The van der Waals surface area contributed by atoms with Crippen molar-refractivity contribution in [3.05, 3.63) is 32.6 Å². The fourth-order valence-electron chi connectivity index (χ4n) is 2.56. The summed E-state index contributed by atoms with van der Waals surface area (Å²) in [5.41, 5.74) is -1.83. The lowest BCUT2D eigenvalue weighted by atomic mass is 10.1. The normalized spacial score (nSPS) is 17.9. The highest BCUT2D eigenvalue weighted by molar-refractivity contribution is 5.86. The van der Waals surface area contributed by atoms with Gasteiger partial charge in [-0.2, -0.15) is 0 Å². The molecule has 2 heterocycles. The first-order chi connectivity index (χ1) is 9.49. The minimum Gasteiger partial charge on any atom is -0.477 e. The van der Waals surface area contributed by atoms with E-state index < -0.39 is 22.8 Å². The van der Waals surface area contributed by atoms with Crippen LogP contribution in [0.2, 0.25) is 0 Å². The Balaban J connectivity index is 2.20. The van der Waals surface area contributed by atoms with E-state index >= 15 is 0 Å². The molecule has 1 aromatic heterocycles.